The average Bonchev–Trinajstić information content (AvgIpc) is 3.56. The summed E-state index contributed by atoms with van der Waals surface area (Å²) in [6.07, 6.45) is 4.16. The lowest BCUT2D eigenvalue weighted by Crippen LogP contribution is -2.58. The first-order valence-corrected chi connectivity index (χ1v) is 14.4. The van der Waals surface area contributed by atoms with Gasteiger partial charge in [0.2, 0.25) is 0 Å². The number of ketones is 1. The van der Waals surface area contributed by atoms with E-state index in [4.69, 9.17) is 13.9 Å². The fourth-order valence-corrected chi connectivity index (χ4v) is 6.94. The van der Waals surface area contributed by atoms with Crippen molar-refractivity contribution in [2.75, 3.05) is 12.4 Å². The molecule has 3 aromatic rings. The molecule has 1 aromatic carbocycles. The number of hydrogen-bond acceptors (Lipinski definition) is 7. The quantitative estimate of drug-likeness (QED) is 0.269. The van der Waals surface area contributed by atoms with Gasteiger partial charge in [-0.15, -0.1) is 0 Å². The molecule has 4 heterocycles. The van der Waals surface area contributed by atoms with Crippen molar-refractivity contribution >= 4 is 44.5 Å². The number of carboxylic acids is 1. The second kappa shape index (κ2) is 10.7. The number of ether oxygens (including phenoxy) is 2. The third-order valence-electron chi connectivity index (χ3n) is 8.60. The lowest BCUT2D eigenvalue weighted by molar-refractivity contribution is -0.355. The number of carbonyl (C=O) groups excluding carboxylic acids is 1. The number of aromatic amines is 1. The minimum absolute atomic E-state index is 0.0371. The zero-order valence-corrected chi connectivity index (χ0v) is 24.5. The predicted octanol–water partition coefficient (Wildman–Crippen LogP) is 6.29. The normalized spacial score (nSPS) is 29.9. The Hall–Kier alpha value is -2.69. The van der Waals surface area contributed by atoms with Crippen molar-refractivity contribution in [3.63, 3.8) is 0 Å². The molecule has 210 valence electrons. The molecule has 0 saturated carbocycles. The molecule has 1 spiro atoms. The summed E-state index contributed by atoms with van der Waals surface area (Å²) in [6, 6.07) is 5.36. The second-order valence-electron chi connectivity index (χ2n) is 11.2. The first-order chi connectivity index (χ1) is 18.5. The number of oxazole rings is 1. The molecule has 2 aliphatic rings. The molecule has 2 unspecified atom stereocenters. The Morgan fingerprint density at radius 2 is 2.05 bits per heavy atom. The van der Waals surface area contributed by atoms with Gasteiger partial charge in [0.05, 0.1) is 30.0 Å². The maximum atomic E-state index is 13.2. The van der Waals surface area contributed by atoms with Crippen LogP contribution in [-0.2, 0) is 15.9 Å². The Morgan fingerprint density at radius 3 is 2.72 bits per heavy atom. The number of aromatic carboxylic acids is 1. The fourth-order valence-electron chi connectivity index (χ4n) is 6.34. The van der Waals surface area contributed by atoms with Gasteiger partial charge in [-0.25, -0.2) is 9.78 Å². The van der Waals surface area contributed by atoms with Gasteiger partial charge >= 0.3 is 5.97 Å². The average molecular weight is 603 g/mol. The fraction of sp³-hybridized carbons (Fsp3) is 0.552. The van der Waals surface area contributed by atoms with E-state index in [2.05, 4.69) is 52.0 Å². The molecular formula is C29H36BrN3O6. The third kappa shape index (κ3) is 5.02. The summed E-state index contributed by atoms with van der Waals surface area (Å²) >= 11 is 3.43. The highest BCUT2D eigenvalue weighted by molar-refractivity contribution is 9.10. The Kier molecular flexibility index (Phi) is 7.65. The van der Waals surface area contributed by atoms with Crippen molar-refractivity contribution in [3.05, 3.63) is 46.0 Å². The number of Topliss-reactive ketones (excluding diaryl/α,β-unsaturated/α-hetero) is 1. The van der Waals surface area contributed by atoms with Crippen LogP contribution in [0.2, 0.25) is 0 Å². The number of halogens is 1. The highest BCUT2D eigenvalue weighted by Gasteiger charge is 2.52. The molecule has 9 nitrogen and oxygen atoms in total. The zero-order chi connectivity index (χ0) is 28.1. The topological polar surface area (TPSA) is 127 Å². The number of H-pyrrole nitrogens is 1. The van der Waals surface area contributed by atoms with Crippen LogP contribution in [0, 0.1) is 23.7 Å². The predicted molar refractivity (Wildman–Crippen MR) is 150 cm³/mol. The molecule has 7 atom stereocenters. The summed E-state index contributed by atoms with van der Waals surface area (Å²) in [5, 5.41) is 12.8. The molecule has 10 heteroatoms. The smallest absolute Gasteiger partial charge is 0.340 e. The molecule has 2 aromatic heterocycles. The van der Waals surface area contributed by atoms with Crippen LogP contribution in [0.1, 0.15) is 73.7 Å². The molecule has 2 fully saturated rings. The van der Waals surface area contributed by atoms with Gasteiger partial charge < -0.3 is 29.3 Å². The number of carbonyl (C=O) groups is 2. The van der Waals surface area contributed by atoms with Crippen molar-refractivity contribution in [1.29, 1.82) is 0 Å². The molecule has 5 rings (SSSR count). The molecule has 0 bridgehead atoms. The SMILES string of the molecule is CNc1c(Br)cc2oc(C[C@@H]3OC4(CC[C@@H]3C)OC([C@H](C)C(=O)c3ccc[nH]3)[C@H](C)C[C@H]4C)nc2c1C(=O)O. The lowest BCUT2D eigenvalue weighted by atomic mass is 9.75. The number of benzene rings is 1. The molecule has 2 aliphatic heterocycles. The summed E-state index contributed by atoms with van der Waals surface area (Å²) in [7, 11) is 1.67. The first kappa shape index (κ1) is 27.9. The summed E-state index contributed by atoms with van der Waals surface area (Å²) in [5.74, 6) is -1.19. The van der Waals surface area contributed by atoms with Crippen molar-refractivity contribution in [2.45, 2.75) is 71.4 Å². The first-order valence-electron chi connectivity index (χ1n) is 13.6. The van der Waals surface area contributed by atoms with Gasteiger partial charge in [-0.05, 0) is 58.8 Å². The second-order valence-corrected chi connectivity index (χ2v) is 12.1. The Morgan fingerprint density at radius 1 is 1.28 bits per heavy atom. The van der Waals surface area contributed by atoms with Crippen LogP contribution in [0.3, 0.4) is 0 Å². The van der Waals surface area contributed by atoms with Crippen molar-refractivity contribution < 1.29 is 28.6 Å². The molecule has 0 amide bonds. The number of rotatable bonds is 7. The van der Waals surface area contributed by atoms with E-state index < -0.39 is 11.8 Å². The molecule has 3 N–H and O–H groups in total. The maximum absolute atomic E-state index is 13.2. The van der Waals surface area contributed by atoms with E-state index >= 15 is 0 Å². The van der Waals surface area contributed by atoms with Crippen molar-refractivity contribution in [1.82, 2.24) is 9.97 Å². The van der Waals surface area contributed by atoms with Crippen LogP contribution >= 0.6 is 15.9 Å². The van der Waals surface area contributed by atoms with Gasteiger partial charge in [-0.3, -0.25) is 4.79 Å². The monoisotopic (exact) mass is 601 g/mol. The van der Waals surface area contributed by atoms with Gasteiger partial charge in [0.1, 0.15) is 11.1 Å². The highest BCUT2D eigenvalue weighted by Crippen LogP contribution is 2.48. The van der Waals surface area contributed by atoms with Gasteiger partial charge in [0.25, 0.3) is 0 Å². The van der Waals surface area contributed by atoms with E-state index in [9.17, 15) is 14.7 Å². The summed E-state index contributed by atoms with van der Waals surface area (Å²) in [6.45, 7) is 8.38. The zero-order valence-electron chi connectivity index (χ0n) is 22.9. The standard InChI is InChI=1S/C29H36BrN3O6/c1-14-8-9-29(16(3)11-15(2)27(39-29)17(4)26(34)19-7-6-10-32-19)38-20(14)13-22-33-25-21(37-22)12-18(30)24(31-5)23(25)28(35)36/h6-7,10,12,14-17,20,27,31-32H,8-9,11,13H2,1-5H3,(H,35,36)/t14-,15+,16+,17+,20-,27?,29?/m0/s1. The van der Waals surface area contributed by atoms with Crippen LogP contribution < -0.4 is 5.32 Å². The van der Waals surface area contributed by atoms with Gasteiger partial charge in [0.15, 0.2) is 23.0 Å². The third-order valence-corrected chi connectivity index (χ3v) is 9.22. The van der Waals surface area contributed by atoms with Crippen LogP contribution in [0.5, 0.6) is 0 Å². The lowest BCUT2D eigenvalue weighted by Gasteiger charge is -2.53. The Balaban J connectivity index is 1.40. The minimum Gasteiger partial charge on any atom is -0.478 e. The summed E-state index contributed by atoms with van der Waals surface area (Å²) in [5.41, 5.74) is 1.80. The van der Waals surface area contributed by atoms with Gasteiger partial charge in [0, 0.05) is 36.0 Å². The van der Waals surface area contributed by atoms with E-state index in [1.165, 1.54) is 0 Å². The summed E-state index contributed by atoms with van der Waals surface area (Å²) < 4.78 is 20.2. The van der Waals surface area contributed by atoms with E-state index in [0.717, 1.165) is 19.3 Å². The van der Waals surface area contributed by atoms with Crippen molar-refractivity contribution in [2.24, 2.45) is 23.7 Å². The van der Waals surface area contributed by atoms with Crippen LogP contribution in [0.25, 0.3) is 11.1 Å². The van der Waals surface area contributed by atoms with Crippen LogP contribution in [0.15, 0.2) is 33.3 Å². The van der Waals surface area contributed by atoms with E-state index in [0.29, 0.717) is 39.3 Å². The number of fused-ring (bicyclic) bond motifs is 1. The number of carboxylic acid groups (broad SMARTS) is 1. The summed E-state index contributed by atoms with van der Waals surface area (Å²) in [4.78, 5) is 32.9. The maximum Gasteiger partial charge on any atom is 0.340 e. The van der Waals surface area contributed by atoms with Gasteiger partial charge in [-0.1, -0.05) is 27.7 Å². The minimum atomic E-state index is -1.08. The number of aromatic nitrogens is 2. The Bertz CT molecular complexity index is 1370. The molecule has 0 aliphatic carbocycles. The van der Waals surface area contributed by atoms with E-state index in [1.54, 1.807) is 25.4 Å². The Labute approximate surface area is 236 Å². The molecule has 0 radical (unpaired) electrons. The van der Waals surface area contributed by atoms with Gasteiger partial charge in [-0.2, -0.15) is 0 Å². The number of hydrogen-bond donors (Lipinski definition) is 3. The molecule has 39 heavy (non-hydrogen) atoms. The van der Waals surface area contributed by atoms with Crippen molar-refractivity contribution in [3.8, 4) is 0 Å². The van der Waals surface area contributed by atoms with E-state index in [1.807, 2.05) is 13.0 Å². The number of nitrogens with zero attached hydrogens (tertiary/aromatic N) is 1. The molecule has 2 saturated heterocycles. The highest BCUT2D eigenvalue weighted by atomic mass is 79.9. The molecular weight excluding hydrogens is 566 g/mol. The van der Waals surface area contributed by atoms with E-state index in [-0.39, 0.29) is 47.2 Å². The largest absolute Gasteiger partial charge is 0.478 e. The number of anilines is 1. The van der Waals surface area contributed by atoms with Crippen LogP contribution in [0.4, 0.5) is 5.69 Å². The number of nitrogens with one attached hydrogen (secondary N) is 2. The van der Waals surface area contributed by atoms with Crippen LogP contribution in [-0.4, -0.2) is 51.9 Å².